The van der Waals surface area contributed by atoms with Crippen LogP contribution >= 0.6 is 0 Å². The molecule has 0 unspecified atom stereocenters. The average Bonchev–Trinajstić information content (AvgIpc) is 3.53. The average molecular weight is 369 g/mol. The van der Waals surface area contributed by atoms with Gasteiger partial charge in [0.2, 0.25) is 11.4 Å². The Balaban J connectivity index is 1.45. The minimum absolute atomic E-state index is 0.0822. The molecule has 27 heavy (non-hydrogen) atoms. The molecule has 0 aromatic carbocycles. The highest BCUT2D eigenvalue weighted by atomic mass is 16.5. The van der Waals surface area contributed by atoms with E-state index in [9.17, 15) is 9.59 Å². The van der Waals surface area contributed by atoms with E-state index >= 15 is 0 Å². The molecule has 0 radical (unpaired) electrons. The van der Waals surface area contributed by atoms with E-state index in [-0.39, 0.29) is 11.5 Å². The molecule has 2 aromatic rings. The van der Waals surface area contributed by atoms with Gasteiger partial charge in [0.15, 0.2) is 0 Å². The highest BCUT2D eigenvalue weighted by Gasteiger charge is 2.37. The van der Waals surface area contributed by atoms with Crippen LogP contribution < -0.4 is 15.2 Å². The summed E-state index contributed by atoms with van der Waals surface area (Å²) in [5, 5.41) is 0. The van der Waals surface area contributed by atoms with Crippen LogP contribution in [0.5, 0.6) is 5.88 Å². The summed E-state index contributed by atoms with van der Waals surface area (Å²) in [6.45, 7) is 1.34. The summed E-state index contributed by atoms with van der Waals surface area (Å²) >= 11 is 0. The van der Waals surface area contributed by atoms with E-state index in [1.807, 2.05) is 11.0 Å². The molecule has 2 aliphatic rings. The molecular weight excluding hydrogens is 346 g/mol. The molecule has 0 bridgehead atoms. The molecule has 8 nitrogen and oxygen atoms in total. The number of rotatable bonds is 5. The first-order chi connectivity index (χ1) is 13.2. The molecule has 142 valence electrons. The zero-order valence-electron chi connectivity index (χ0n) is 15.3. The first-order valence-corrected chi connectivity index (χ1v) is 9.28. The normalized spacial score (nSPS) is 17.6. The summed E-state index contributed by atoms with van der Waals surface area (Å²) in [5.74, 6) is 1.37. The second-order valence-corrected chi connectivity index (χ2v) is 7.02. The van der Waals surface area contributed by atoms with Gasteiger partial charge in [-0.3, -0.25) is 9.59 Å². The number of carbonyl (C=O) groups is 1. The lowest BCUT2D eigenvalue weighted by atomic mass is 10.0. The van der Waals surface area contributed by atoms with E-state index in [1.54, 1.807) is 13.2 Å². The summed E-state index contributed by atoms with van der Waals surface area (Å²) in [4.78, 5) is 39.4. The van der Waals surface area contributed by atoms with Gasteiger partial charge in [0, 0.05) is 49.1 Å². The summed E-state index contributed by atoms with van der Waals surface area (Å²) in [6.07, 6.45) is 7.13. The van der Waals surface area contributed by atoms with Crippen LogP contribution in [0.2, 0.25) is 0 Å². The third-order valence-corrected chi connectivity index (χ3v) is 5.21. The summed E-state index contributed by atoms with van der Waals surface area (Å²) < 4.78 is 5.24. The fourth-order valence-corrected chi connectivity index (χ4v) is 3.72. The number of pyridine rings is 1. The molecule has 1 N–H and O–H groups in total. The second-order valence-electron chi connectivity index (χ2n) is 7.02. The van der Waals surface area contributed by atoms with Crippen LogP contribution in [0.1, 0.15) is 36.0 Å². The van der Waals surface area contributed by atoms with E-state index in [4.69, 9.17) is 4.74 Å². The van der Waals surface area contributed by atoms with Crippen LogP contribution in [0.4, 0.5) is 5.82 Å². The van der Waals surface area contributed by atoms with Crippen molar-refractivity contribution in [3.05, 3.63) is 46.6 Å². The Morgan fingerprint density at radius 2 is 1.93 bits per heavy atom. The number of aromatic nitrogens is 3. The number of anilines is 1. The van der Waals surface area contributed by atoms with Crippen LogP contribution in [0, 0.1) is 0 Å². The molecular formula is C19H23N5O3. The Kier molecular flexibility index (Phi) is 4.79. The zero-order chi connectivity index (χ0) is 18.8. The lowest BCUT2D eigenvalue weighted by molar-refractivity contribution is 0.0711. The largest absolute Gasteiger partial charge is 0.481 e. The molecule has 1 saturated carbocycles. The van der Waals surface area contributed by atoms with Gasteiger partial charge in [-0.15, -0.1) is 0 Å². The van der Waals surface area contributed by atoms with Gasteiger partial charge in [-0.25, -0.2) is 9.97 Å². The SMILES string of the molecule is COc1cc(N(C2CC2)C2CCN(C(=O)c3cc[nH]c(=O)c3)CC2)ncn1. The zero-order valence-corrected chi connectivity index (χ0v) is 15.3. The third kappa shape index (κ3) is 3.79. The number of ether oxygens (including phenoxy) is 1. The fourth-order valence-electron chi connectivity index (χ4n) is 3.72. The van der Waals surface area contributed by atoms with Crippen LogP contribution in [-0.4, -0.2) is 58.0 Å². The van der Waals surface area contributed by atoms with Crippen molar-refractivity contribution in [2.24, 2.45) is 0 Å². The summed E-state index contributed by atoms with van der Waals surface area (Å²) in [6, 6.07) is 5.73. The number of nitrogens with zero attached hydrogens (tertiary/aromatic N) is 4. The van der Waals surface area contributed by atoms with Gasteiger partial charge in [0.25, 0.3) is 5.91 Å². The molecule has 1 amide bonds. The highest BCUT2D eigenvalue weighted by molar-refractivity contribution is 5.94. The van der Waals surface area contributed by atoms with Gasteiger partial charge >= 0.3 is 0 Å². The van der Waals surface area contributed by atoms with Crippen molar-refractivity contribution in [3.63, 3.8) is 0 Å². The van der Waals surface area contributed by atoms with Gasteiger partial charge in [-0.2, -0.15) is 0 Å². The predicted molar refractivity (Wildman–Crippen MR) is 100 cm³/mol. The molecule has 8 heteroatoms. The van der Waals surface area contributed by atoms with E-state index in [1.165, 1.54) is 18.6 Å². The molecule has 4 rings (SSSR count). The number of aromatic amines is 1. The smallest absolute Gasteiger partial charge is 0.254 e. The molecule has 2 aromatic heterocycles. The Labute approximate surface area is 157 Å². The predicted octanol–water partition coefficient (Wildman–Crippen LogP) is 1.45. The number of amides is 1. The van der Waals surface area contributed by atoms with E-state index in [0.29, 0.717) is 36.6 Å². The minimum atomic E-state index is -0.256. The third-order valence-electron chi connectivity index (χ3n) is 5.21. The molecule has 2 fully saturated rings. The monoisotopic (exact) mass is 369 g/mol. The quantitative estimate of drug-likeness (QED) is 0.858. The molecule has 0 spiro atoms. The van der Waals surface area contributed by atoms with Crippen LogP contribution in [0.3, 0.4) is 0 Å². The standard InChI is InChI=1S/C19H23N5O3/c1-27-18-11-16(21-12-22-18)24(14-2-3-14)15-5-8-23(9-6-15)19(26)13-4-7-20-17(25)10-13/h4,7,10-12,14-15H,2-3,5-6,8-9H2,1H3,(H,20,25). The number of hydrogen-bond acceptors (Lipinski definition) is 6. The van der Waals surface area contributed by atoms with Crippen molar-refractivity contribution in [2.75, 3.05) is 25.1 Å². The number of likely N-dealkylation sites (tertiary alicyclic amines) is 1. The van der Waals surface area contributed by atoms with Crippen LogP contribution in [-0.2, 0) is 0 Å². The van der Waals surface area contributed by atoms with Crippen molar-refractivity contribution in [3.8, 4) is 5.88 Å². The molecule has 1 aliphatic heterocycles. The van der Waals surface area contributed by atoms with Gasteiger partial charge < -0.3 is 19.5 Å². The van der Waals surface area contributed by atoms with Gasteiger partial charge in [0.1, 0.15) is 12.1 Å². The second kappa shape index (κ2) is 7.38. The van der Waals surface area contributed by atoms with Crippen LogP contribution in [0.15, 0.2) is 35.5 Å². The maximum absolute atomic E-state index is 12.7. The topological polar surface area (TPSA) is 91.4 Å². The lowest BCUT2D eigenvalue weighted by Gasteiger charge is -2.39. The maximum atomic E-state index is 12.7. The van der Waals surface area contributed by atoms with Crippen molar-refractivity contribution in [2.45, 2.75) is 37.8 Å². The summed E-state index contributed by atoms with van der Waals surface area (Å²) in [7, 11) is 1.60. The highest BCUT2D eigenvalue weighted by Crippen LogP contribution is 2.36. The lowest BCUT2D eigenvalue weighted by Crippen LogP contribution is -2.48. The summed E-state index contributed by atoms with van der Waals surface area (Å²) in [5.41, 5.74) is 0.185. The first kappa shape index (κ1) is 17.5. The van der Waals surface area contributed by atoms with Gasteiger partial charge in [-0.1, -0.05) is 0 Å². The number of piperidine rings is 1. The first-order valence-electron chi connectivity index (χ1n) is 9.28. The molecule has 3 heterocycles. The number of H-pyrrole nitrogens is 1. The number of hydrogen-bond donors (Lipinski definition) is 1. The van der Waals surface area contributed by atoms with Crippen molar-refractivity contribution in [1.29, 1.82) is 0 Å². The molecule has 0 atom stereocenters. The van der Waals surface area contributed by atoms with E-state index in [2.05, 4.69) is 19.9 Å². The van der Waals surface area contributed by atoms with Crippen molar-refractivity contribution in [1.82, 2.24) is 19.9 Å². The van der Waals surface area contributed by atoms with E-state index in [0.717, 1.165) is 31.5 Å². The molecule has 1 saturated heterocycles. The van der Waals surface area contributed by atoms with Crippen molar-refractivity contribution >= 4 is 11.7 Å². The van der Waals surface area contributed by atoms with Crippen molar-refractivity contribution < 1.29 is 9.53 Å². The van der Waals surface area contributed by atoms with Gasteiger partial charge in [0.05, 0.1) is 7.11 Å². The Bertz CT molecular complexity index is 871. The Hall–Kier alpha value is -2.90. The Morgan fingerprint density at radius 1 is 1.19 bits per heavy atom. The maximum Gasteiger partial charge on any atom is 0.254 e. The van der Waals surface area contributed by atoms with Crippen LogP contribution in [0.25, 0.3) is 0 Å². The number of methoxy groups -OCH3 is 1. The minimum Gasteiger partial charge on any atom is -0.481 e. The fraction of sp³-hybridized carbons (Fsp3) is 0.474. The number of nitrogens with one attached hydrogen (secondary N) is 1. The number of carbonyl (C=O) groups excluding carboxylic acids is 1. The Morgan fingerprint density at radius 3 is 2.59 bits per heavy atom. The molecule has 1 aliphatic carbocycles. The van der Waals surface area contributed by atoms with Gasteiger partial charge in [-0.05, 0) is 31.7 Å². The van der Waals surface area contributed by atoms with E-state index < -0.39 is 0 Å².